The van der Waals surface area contributed by atoms with Crippen LogP contribution in [0.2, 0.25) is 5.02 Å². The maximum Gasteiger partial charge on any atom is 0.417 e. The summed E-state index contributed by atoms with van der Waals surface area (Å²) in [5, 5.41) is 3.94. The van der Waals surface area contributed by atoms with Gasteiger partial charge in [-0.05, 0) is 42.4 Å². The average Bonchev–Trinajstić information content (AvgIpc) is 2.79. The van der Waals surface area contributed by atoms with Gasteiger partial charge in [-0.15, -0.1) is 0 Å². The highest BCUT2D eigenvalue weighted by molar-refractivity contribution is 6.30. The van der Waals surface area contributed by atoms with Crippen LogP contribution in [0.25, 0.3) is 11.1 Å². The second-order valence-electron chi connectivity index (χ2n) is 4.55. The standard InChI is InChI=1S/C15H13ClN2O2/c1-17-14(9-3-2-4-11(16)7-9)10-5-6-12-13(8-10)20-15(19)18-12/h2-8,14,17H,1H3,(H,18,19). The molecule has 3 rings (SSSR count). The van der Waals surface area contributed by atoms with Crippen molar-refractivity contribution in [2.45, 2.75) is 6.04 Å². The molecule has 0 spiro atoms. The molecular weight excluding hydrogens is 276 g/mol. The molecule has 0 aliphatic heterocycles. The van der Waals surface area contributed by atoms with Gasteiger partial charge >= 0.3 is 5.76 Å². The van der Waals surface area contributed by atoms with Crippen LogP contribution in [0.4, 0.5) is 0 Å². The van der Waals surface area contributed by atoms with Crippen LogP contribution in [0.1, 0.15) is 17.2 Å². The second-order valence-corrected chi connectivity index (χ2v) is 4.98. The number of rotatable bonds is 3. The normalized spacial score (nSPS) is 12.7. The monoisotopic (exact) mass is 288 g/mol. The quantitative estimate of drug-likeness (QED) is 0.779. The Bertz CT molecular complexity index is 807. The van der Waals surface area contributed by atoms with Crippen molar-refractivity contribution in [1.29, 1.82) is 0 Å². The molecule has 1 aromatic heterocycles. The Morgan fingerprint density at radius 2 is 2.00 bits per heavy atom. The number of halogens is 1. The molecule has 2 N–H and O–H groups in total. The molecular formula is C15H13ClN2O2. The van der Waals surface area contributed by atoms with E-state index in [1.54, 1.807) is 0 Å². The SMILES string of the molecule is CNC(c1cccc(Cl)c1)c1ccc2[nH]c(=O)oc2c1. The Morgan fingerprint density at radius 1 is 1.20 bits per heavy atom. The summed E-state index contributed by atoms with van der Waals surface area (Å²) in [5.41, 5.74) is 3.30. The number of aromatic amines is 1. The molecule has 0 fully saturated rings. The summed E-state index contributed by atoms with van der Waals surface area (Å²) in [4.78, 5) is 13.8. The van der Waals surface area contributed by atoms with Crippen molar-refractivity contribution in [3.8, 4) is 0 Å². The van der Waals surface area contributed by atoms with Gasteiger partial charge in [-0.1, -0.05) is 29.8 Å². The minimum atomic E-state index is -0.444. The topological polar surface area (TPSA) is 58.0 Å². The Hall–Kier alpha value is -2.04. The maximum atomic E-state index is 11.2. The number of hydrogen-bond donors (Lipinski definition) is 2. The number of fused-ring (bicyclic) bond motifs is 1. The fraction of sp³-hybridized carbons (Fsp3) is 0.133. The van der Waals surface area contributed by atoms with Gasteiger partial charge in [-0.25, -0.2) is 4.79 Å². The molecule has 3 aromatic rings. The highest BCUT2D eigenvalue weighted by Crippen LogP contribution is 2.26. The van der Waals surface area contributed by atoms with Crippen LogP contribution in [0.15, 0.2) is 51.7 Å². The van der Waals surface area contributed by atoms with Crippen molar-refractivity contribution >= 4 is 22.7 Å². The molecule has 2 aromatic carbocycles. The Kier molecular flexibility index (Phi) is 3.34. The van der Waals surface area contributed by atoms with E-state index in [-0.39, 0.29) is 6.04 Å². The molecule has 4 nitrogen and oxygen atoms in total. The minimum Gasteiger partial charge on any atom is -0.408 e. The van der Waals surface area contributed by atoms with Crippen LogP contribution in [-0.2, 0) is 0 Å². The van der Waals surface area contributed by atoms with Crippen LogP contribution in [0.5, 0.6) is 0 Å². The third-order valence-corrected chi connectivity index (χ3v) is 3.48. The van der Waals surface area contributed by atoms with Crippen molar-refractivity contribution in [2.24, 2.45) is 0 Å². The zero-order valence-electron chi connectivity index (χ0n) is 10.8. The molecule has 0 radical (unpaired) electrons. The molecule has 0 aliphatic rings. The highest BCUT2D eigenvalue weighted by Gasteiger charge is 2.14. The number of benzene rings is 2. The first-order valence-electron chi connectivity index (χ1n) is 6.23. The first-order valence-corrected chi connectivity index (χ1v) is 6.60. The van der Waals surface area contributed by atoms with Crippen LogP contribution >= 0.6 is 11.6 Å². The van der Waals surface area contributed by atoms with Gasteiger partial charge in [0.25, 0.3) is 0 Å². The van der Waals surface area contributed by atoms with E-state index in [4.69, 9.17) is 16.0 Å². The van der Waals surface area contributed by atoms with E-state index >= 15 is 0 Å². The summed E-state index contributed by atoms with van der Waals surface area (Å²) in [6.45, 7) is 0. The zero-order valence-corrected chi connectivity index (χ0v) is 11.6. The lowest BCUT2D eigenvalue weighted by molar-refractivity contribution is 0.554. The van der Waals surface area contributed by atoms with Gasteiger partial charge in [0.1, 0.15) is 0 Å². The van der Waals surface area contributed by atoms with Gasteiger partial charge < -0.3 is 9.73 Å². The van der Waals surface area contributed by atoms with Crippen LogP contribution in [-0.4, -0.2) is 12.0 Å². The van der Waals surface area contributed by atoms with E-state index in [9.17, 15) is 4.79 Å². The molecule has 5 heteroatoms. The van der Waals surface area contributed by atoms with E-state index < -0.39 is 5.76 Å². The van der Waals surface area contributed by atoms with Crippen LogP contribution in [0, 0.1) is 0 Å². The van der Waals surface area contributed by atoms with Gasteiger partial charge in [-0.2, -0.15) is 0 Å². The van der Waals surface area contributed by atoms with Gasteiger partial charge in [0.15, 0.2) is 5.58 Å². The Labute approximate surface area is 120 Å². The highest BCUT2D eigenvalue weighted by atomic mass is 35.5. The molecule has 0 amide bonds. The Balaban J connectivity index is 2.08. The van der Waals surface area contributed by atoms with Crippen molar-refractivity contribution in [3.05, 3.63) is 69.2 Å². The largest absolute Gasteiger partial charge is 0.417 e. The summed E-state index contributed by atoms with van der Waals surface area (Å²) in [6.07, 6.45) is 0. The second kappa shape index (κ2) is 5.15. The molecule has 1 heterocycles. The predicted octanol–water partition coefficient (Wildman–Crippen LogP) is 3.08. The molecule has 20 heavy (non-hydrogen) atoms. The molecule has 1 unspecified atom stereocenters. The van der Waals surface area contributed by atoms with E-state index in [1.165, 1.54) is 0 Å². The first kappa shape index (κ1) is 13.0. The minimum absolute atomic E-state index is 0.0155. The fourth-order valence-electron chi connectivity index (χ4n) is 2.35. The number of nitrogens with one attached hydrogen (secondary N) is 2. The third-order valence-electron chi connectivity index (χ3n) is 3.25. The summed E-state index contributed by atoms with van der Waals surface area (Å²) in [7, 11) is 1.88. The Morgan fingerprint density at radius 3 is 2.75 bits per heavy atom. The first-order chi connectivity index (χ1) is 9.67. The summed E-state index contributed by atoms with van der Waals surface area (Å²) in [5.74, 6) is -0.444. The van der Waals surface area contributed by atoms with Crippen molar-refractivity contribution in [2.75, 3.05) is 7.05 Å². The summed E-state index contributed by atoms with van der Waals surface area (Å²) >= 11 is 6.04. The lowest BCUT2D eigenvalue weighted by Gasteiger charge is -2.17. The summed E-state index contributed by atoms with van der Waals surface area (Å²) in [6, 6.07) is 13.3. The number of aromatic nitrogens is 1. The van der Waals surface area contributed by atoms with Gasteiger partial charge in [0, 0.05) is 5.02 Å². The number of oxazole rings is 1. The zero-order chi connectivity index (χ0) is 14.1. The van der Waals surface area contributed by atoms with E-state index in [1.807, 2.05) is 49.5 Å². The molecule has 0 saturated heterocycles. The van der Waals surface area contributed by atoms with Crippen LogP contribution in [0.3, 0.4) is 0 Å². The van der Waals surface area contributed by atoms with Crippen molar-refractivity contribution in [3.63, 3.8) is 0 Å². The lowest BCUT2D eigenvalue weighted by atomic mass is 9.98. The van der Waals surface area contributed by atoms with Crippen LogP contribution < -0.4 is 11.1 Å². The van der Waals surface area contributed by atoms with E-state index in [2.05, 4.69) is 10.3 Å². The van der Waals surface area contributed by atoms with Gasteiger partial charge in [0.05, 0.1) is 11.6 Å². The molecule has 0 bridgehead atoms. The molecule has 102 valence electrons. The van der Waals surface area contributed by atoms with E-state index in [0.717, 1.165) is 11.1 Å². The predicted molar refractivity (Wildman–Crippen MR) is 79.2 cm³/mol. The van der Waals surface area contributed by atoms with Gasteiger partial charge in [0.2, 0.25) is 0 Å². The molecule has 1 atom stereocenters. The number of H-pyrrole nitrogens is 1. The van der Waals surface area contributed by atoms with Gasteiger partial charge in [-0.3, -0.25) is 4.98 Å². The lowest BCUT2D eigenvalue weighted by Crippen LogP contribution is -2.17. The fourth-order valence-corrected chi connectivity index (χ4v) is 2.55. The molecule has 0 saturated carbocycles. The van der Waals surface area contributed by atoms with Crippen molar-refractivity contribution < 1.29 is 4.42 Å². The maximum absolute atomic E-state index is 11.2. The third kappa shape index (κ3) is 2.35. The molecule has 0 aliphatic carbocycles. The number of hydrogen-bond acceptors (Lipinski definition) is 3. The van der Waals surface area contributed by atoms with Crippen molar-refractivity contribution in [1.82, 2.24) is 10.3 Å². The summed E-state index contributed by atoms with van der Waals surface area (Å²) < 4.78 is 5.10. The van der Waals surface area contributed by atoms with E-state index in [0.29, 0.717) is 16.1 Å². The average molecular weight is 289 g/mol. The smallest absolute Gasteiger partial charge is 0.408 e.